The van der Waals surface area contributed by atoms with Gasteiger partial charge in [0.25, 0.3) is 0 Å². The van der Waals surface area contributed by atoms with Crippen LogP contribution in [0.25, 0.3) is 0 Å². The van der Waals surface area contributed by atoms with Crippen molar-refractivity contribution in [2.45, 2.75) is 12.8 Å². The Morgan fingerprint density at radius 1 is 0.909 bits per heavy atom. The van der Waals surface area contributed by atoms with Gasteiger partial charge in [-0.2, -0.15) is 23.5 Å². The average molecular weight is 193 g/mol. The molecule has 0 spiro atoms. The first-order chi connectivity index (χ1) is 5.41. The van der Waals surface area contributed by atoms with E-state index in [1.807, 2.05) is 23.5 Å². The van der Waals surface area contributed by atoms with Gasteiger partial charge in [-0.05, 0) is 49.9 Å². The van der Waals surface area contributed by atoms with Crippen molar-refractivity contribution in [1.82, 2.24) is 5.32 Å². The van der Waals surface area contributed by atoms with Crippen molar-refractivity contribution in [3.63, 3.8) is 0 Å². The van der Waals surface area contributed by atoms with Crippen LogP contribution in [-0.4, -0.2) is 37.1 Å². The summed E-state index contributed by atoms with van der Waals surface area (Å²) >= 11 is 3.85. The molecule has 0 unspecified atom stereocenters. The first kappa shape index (κ1) is 11.7. The second-order valence-electron chi connectivity index (χ2n) is 2.44. The number of hydrogen-bond acceptors (Lipinski definition) is 3. The van der Waals surface area contributed by atoms with E-state index in [9.17, 15) is 0 Å². The fraction of sp³-hybridized carbons (Fsp3) is 1.00. The summed E-state index contributed by atoms with van der Waals surface area (Å²) in [5.41, 5.74) is 0. The lowest BCUT2D eigenvalue weighted by atomic mass is 10.4. The van der Waals surface area contributed by atoms with Crippen LogP contribution in [0, 0.1) is 0 Å². The maximum Gasteiger partial charge on any atom is -0.00411 e. The lowest BCUT2D eigenvalue weighted by Gasteiger charge is -2.02. The van der Waals surface area contributed by atoms with E-state index in [-0.39, 0.29) is 0 Å². The molecule has 0 aromatic heterocycles. The van der Waals surface area contributed by atoms with Gasteiger partial charge in [-0.15, -0.1) is 0 Å². The highest BCUT2D eigenvalue weighted by molar-refractivity contribution is 7.98. The lowest BCUT2D eigenvalue weighted by Crippen LogP contribution is -2.17. The fourth-order valence-corrected chi connectivity index (χ4v) is 1.67. The van der Waals surface area contributed by atoms with Crippen molar-refractivity contribution in [3.8, 4) is 0 Å². The minimum atomic E-state index is 1.19. The Labute approximate surface area is 79.1 Å². The summed E-state index contributed by atoms with van der Waals surface area (Å²) in [6.07, 6.45) is 6.93. The first-order valence-electron chi connectivity index (χ1n) is 4.10. The Kier molecular flexibility index (Phi) is 11.3. The van der Waals surface area contributed by atoms with Gasteiger partial charge in [0, 0.05) is 0 Å². The Morgan fingerprint density at radius 3 is 1.73 bits per heavy atom. The topological polar surface area (TPSA) is 12.0 Å². The molecular weight excluding hydrogens is 174 g/mol. The summed E-state index contributed by atoms with van der Waals surface area (Å²) in [5.74, 6) is 2.57. The van der Waals surface area contributed by atoms with Gasteiger partial charge in [-0.3, -0.25) is 0 Å². The second-order valence-corrected chi connectivity index (χ2v) is 4.41. The Balaban J connectivity index is 2.69. The zero-order chi connectivity index (χ0) is 8.36. The molecular formula is C8H19NS2. The van der Waals surface area contributed by atoms with Gasteiger partial charge in [0.05, 0.1) is 0 Å². The molecule has 0 aliphatic rings. The molecule has 0 amide bonds. The van der Waals surface area contributed by atoms with E-state index < -0.39 is 0 Å². The first-order valence-corrected chi connectivity index (χ1v) is 6.89. The van der Waals surface area contributed by atoms with Crippen LogP contribution in [0.2, 0.25) is 0 Å². The predicted octanol–water partition coefficient (Wildman–Crippen LogP) is 2.08. The average Bonchev–Trinajstić information content (AvgIpc) is 2.03. The van der Waals surface area contributed by atoms with Crippen LogP contribution >= 0.6 is 23.5 Å². The van der Waals surface area contributed by atoms with Gasteiger partial charge in [0.2, 0.25) is 0 Å². The number of nitrogens with one attached hydrogen (secondary N) is 1. The molecule has 68 valence electrons. The van der Waals surface area contributed by atoms with Gasteiger partial charge in [-0.1, -0.05) is 0 Å². The highest BCUT2D eigenvalue weighted by Gasteiger charge is 1.87. The van der Waals surface area contributed by atoms with Gasteiger partial charge >= 0.3 is 0 Å². The van der Waals surface area contributed by atoms with Gasteiger partial charge in [-0.25, -0.2) is 0 Å². The molecule has 0 rings (SSSR count). The zero-order valence-corrected chi connectivity index (χ0v) is 9.19. The van der Waals surface area contributed by atoms with Crippen molar-refractivity contribution in [3.05, 3.63) is 0 Å². The Bertz CT molecular complexity index is 61.1. The molecule has 0 atom stereocenters. The minimum Gasteiger partial charge on any atom is -0.317 e. The quantitative estimate of drug-likeness (QED) is 0.593. The molecule has 0 aromatic rings. The van der Waals surface area contributed by atoms with Crippen LogP contribution in [0.3, 0.4) is 0 Å². The van der Waals surface area contributed by atoms with Crippen molar-refractivity contribution in [2.24, 2.45) is 0 Å². The van der Waals surface area contributed by atoms with Crippen LogP contribution in [0.4, 0.5) is 0 Å². The molecule has 0 aliphatic heterocycles. The molecule has 1 N–H and O–H groups in total. The van der Waals surface area contributed by atoms with Crippen LogP contribution < -0.4 is 5.32 Å². The summed E-state index contributed by atoms with van der Waals surface area (Å²) in [5, 5.41) is 3.43. The third-order valence-electron chi connectivity index (χ3n) is 1.40. The molecule has 0 aliphatic carbocycles. The fourth-order valence-electron chi connectivity index (χ4n) is 0.808. The van der Waals surface area contributed by atoms with E-state index in [0.29, 0.717) is 0 Å². The van der Waals surface area contributed by atoms with Crippen LogP contribution in [0.5, 0.6) is 0 Å². The third kappa shape index (κ3) is 10.7. The Morgan fingerprint density at radius 2 is 1.36 bits per heavy atom. The second kappa shape index (κ2) is 10.7. The van der Waals surface area contributed by atoms with Crippen LogP contribution in [0.15, 0.2) is 0 Å². The predicted molar refractivity (Wildman–Crippen MR) is 58.9 cm³/mol. The number of thioether (sulfide) groups is 2. The van der Waals surface area contributed by atoms with Crippen LogP contribution in [0.1, 0.15) is 12.8 Å². The number of hydrogen-bond donors (Lipinski definition) is 1. The van der Waals surface area contributed by atoms with E-state index in [2.05, 4.69) is 17.8 Å². The molecule has 1 nitrogen and oxygen atoms in total. The summed E-state index contributed by atoms with van der Waals surface area (Å²) in [4.78, 5) is 0. The summed E-state index contributed by atoms with van der Waals surface area (Å²) in [6.45, 7) is 2.38. The van der Waals surface area contributed by atoms with E-state index in [4.69, 9.17) is 0 Å². The van der Waals surface area contributed by atoms with Crippen LogP contribution in [-0.2, 0) is 0 Å². The molecule has 3 heteroatoms. The molecule has 0 saturated heterocycles. The largest absolute Gasteiger partial charge is 0.317 e. The third-order valence-corrected chi connectivity index (χ3v) is 2.80. The Hall–Kier alpha value is 0.660. The highest BCUT2D eigenvalue weighted by atomic mass is 32.2. The van der Waals surface area contributed by atoms with E-state index in [1.54, 1.807) is 0 Å². The summed E-state index contributed by atoms with van der Waals surface area (Å²) in [7, 11) is 0. The molecule has 0 fully saturated rings. The normalized spacial score (nSPS) is 10.4. The maximum atomic E-state index is 3.43. The van der Waals surface area contributed by atoms with Gasteiger partial charge < -0.3 is 5.32 Å². The SMILES string of the molecule is CSCCCNCCCSC. The molecule has 0 radical (unpaired) electrons. The highest BCUT2D eigenvalue weighted by Crippen LogP contribution is 1.95. The molecule has 0 heterocycles. The van der Waals surface area contributed by atoms with Crippen molar-refractivity contribution < 1.29 is 0 Å². The smallest absolute Gasteiger partial charge is 0.00411 e. The van der Waals surface area contributed by atoms with Gasteiger partial charge in [0.15, 0.2) is 0 Å². The van der Waals surface area contributed by atoms with Crippen molar-refractivity contribution >= 4 is 23.5 Å². The van der Waals surface area contributed by atoms with E-state index in [0.717, 1.165) is 0 Å². The molecule has 11 heavy (non-hydrogen) atoms. The lowest BCUT2D eigenvalue weighted by molar-refractivity contribution is 0.668. The maximum absolute atomic E-state index is 3.43. The molecule has 0 bridgehead atoms. The minimum absolute atomic E-state index is 1.19. The summed E-state index contributed by atoms with van der Waals surface area (Å²) in [6, 6.07) is 0. The zero-order valence-electron chi connectivity index (χ0n) is 7.56. The number of rotatable bonds is 8. The molecule has 0 aromatic carbocycles. The van der Waals surface area contributed by atoms with E-state index >= 15 is 0 Å². The summed E-state index contributed by atoms with van der Waals surface area (Å²) < 4.78 is 0. The monoisotopic (exact) mass is 193 g/mol. The molecule has 0 saturated carbocycles. The van der Waals surface area contributed by atoms with Gasteiger partial charge in [0.1, 0.15) is 0 Å². The van der Waals surface area contributed by atoms with Crippen molar-refractivity contribution in [2.75, 3.05) is 37.1 Å². The van der Waals surface area contributed by atoms with Crippen molar-refractivity contribution in [1.29, 1.82) is 0 Å². The van der Waals surface area contributed by atoms with E-state index in [1.165, 1.54) is 37.4 Å². The standard InChI is InChI=1S/C8H19NS2/c1-10-7-3-5-9-6-4-8-11-2/h9H,3-8H2,1-2H3.